The molecule has 5 heterocycles. The number of amides is 2. The van der Waals surface area contributed by atoms with Gasteiger partial charge in [0.2, 0.25) is 0 Å². The number of imidazole rings is 1. The molecule has 1 atom stereocenters. The van der Waals surface area contributed by atoms with Crippen molar-refractivity contribution >= 4 is 58.4 Å². The van der Waals surface area contributed by atoms with Crippen molar-refractivity contribution in [2.45, 2.75) is 68.2 Å². The van der Waals surface area contributed by atoms with Gasteiger partial charge in [-0.05, 0) is 69.4 Å². The van der Waals surface area contributed by atoms with Crippen molar-refractivity contribution in [2.75, 3.05) is 25.0 Å². The van der Waals surface area contributed by atoms with Crippen LogP contribution in [0.15, 0.2) is 71.0 Å². The van der Waals surface area contributed by atoms with E-state index in [4.69, 9.17) is 42.9 Å². The SMILES string of the molecule is CNC(=O)c1ccc(-c2cn3ccc(Sc4cnc(N5CCC6(CC5)Cc5ccccc5[C@H]6NC(=O)OC(C)(C)C)c(CO)n4)c(Cl)c3n2)nc1Cl. The third-order valence-electron chi connectivity index (χ3n) is 9.52. The number of alkyl carbamates (subject to hydrolysis) is 1. The van der Waals surface area contributed by atoms with Crippen molar-refractivity contribution in [3.8, 4) is 11.4 Å². The number of hydrogen-bond acceptors (Lipinski definition) is 10. The number of pyridine rings is 2. The van der Waals surface area contributed by atoms with Crippen LogP contribution in [0.3, 0.4) is 0 Å². The van der Waals surface area contributed by atoms with Crippen LogP contribution in [-0.2, 0) is 17.8 Å². The molecule has 0 unspecified atom stereocenters. The monoisotopic (exact) mass is 760 g/mol. The molecular weight excluding hydrogens is 723 g/mol. The summed E-state index contributed by atoms with van der Waals surface area (Å²) in [4.78, 5) is 46.5. The van der Waals surface area contributed by atoms with Crippen molar-refractivity contribution in [2.24, 2.45) is 5.41 Å². The van der Waals surface area contributed by atoms with E-state index < -0.39 is 11.7 Å². The molecule has 0 bridgehead atoms. The maximum atomic E-state index is 13.0. The van der Waals surface area contributed by atoms with Crippen LogP contribution in [0, 0.1) is 5.41 Å². The van der Waals surface area contributed by atoms with Gasteiger partial charge in [0.05, 0.1) is 35.1 Å². The minimum Gasteiger partial charge on any atom is -0.444 e. The van der Waals surface area contributed by atoms with Crippen LogP contribution in [0.2, 0.25) is 10.2 Å². The molecule has 5 aromatic rings. The molecule has 2 aliphatic rings. The third kappa shape index (κ3) is 7.02. The molecule has 270 valence electrons. The van der Waals surface area contributed by atoms with E-state index in [1.165, 1.54) is 24.4 Å². The van der Waals surface area contributed by atoms with Gasteiger partial charge in [0, 0.05) is 42.8 Å². The molecule has 1 aromatic carbocycles. The second kappa shape index (κ2) is 14.2. The Labute approximate surface area is 315 Å². The fourth-order valence-corrected chi connectivity index (χ4v) is 8.45. The Morgan fingerprint density at radius 1 is 1.06 bits per heavy atom. The number of piperidine rings is 1. The first kappa shape index (κ1) is 36.0. The van der Waals surface area contributed by atoms with Crippen molar-refractivity contribution in [1.29, 1.82) is 0 Å². The number of rotatable bonds is 7. The largest absolute Gasteiger partial charge is 0.444 e. The normalized spacial score (nSPS) is 16.6. The fraction of sp³-hybridized carbons (Fsp3) is 0.351. The standard InChI is InChI=1S/C37H38Cl2N8O4S/c1-36(2,3)51-35(50)45-30-22-8-6-5-7-21(22)17-37(30)12-15-46(16-13-37)32-26(20-48)42-28(18-41-32)52-27-11-14-47-19-25(44-33(47)29(27)38)24-10-9-23(31(39)43-24)34(49)40-4/h5-11,14,18-19,30,48H,12-13,15-17,20H2,1-4H3,(H,40,49)(H,45,50)/t30-/m1/s1. The Kier molecular flexibility index (Phi) is 9.81. The molecular formula is C37H38Cl2N8O4S. The number of carbonyl (C=O) groups is 2. The fourth-order valence-electron chi connectivity index (χ4n) is 7.09. The molecule has 1 aliphatic heterocycles. The maximum absolute atomic E-state index is 13.0. The summed E-state index contributed by atoms with van der Waals surface area (Å²) in [5, 5.41) is 17.2. The van der Waals surface area contributed by atoms with Gasteiger partial charge in [-0.25, -0.2) is 24.7 Å². The zero-order valence-corrected chi connectivity index (χ0v) is 31.4. The lowest BCUT2D eigenvalue weighted by atomic mass is 9.72. The van der Waals surface area contributed by atoms with Crippen LogP contribution in [0.4, 0.5) is 10.6 Å². The number of halogens is 2. The van der Waals surface area contributed by atoms with Gasteiger partial charge in [-0.1, -0.05) is 59.2 Å². The Balaban J connectivity index is 1.07. The number of nitrogens with one attached hydrogen (secondary N) is 2. The molecule has 52 heavy (non-hydrogen) atoms. The first-order valence-electron chi connectivity index (χ1n) is 16.9. The first-order valence-corrected chi connectivity index (χ1v) is 18.5. The van der Waals surface area contributed by atoms with Crippen LogP contribution < -0.4 is 15.5 Å². The summed E-state index contributed by atoms with van der Waals surface area (Å²) in [7, 11) is 1.53. The van der Waals surface area contributed by atoms with E-state index in [2.05, 4.69) is 32.7 Å². The lowest BCUT2D eigenvalue weighted by Crippen LogP contribution is -2.48. The Bertz CT molecular complexity index is 2180. The highest BCUT2D eigenvalue weighted by molar-refractivity contribution is 7.99. The summed E-state index contributed by atoms with van der Waals surface area (Å²) < 4.78 is 7.44. The molecule has 1 saturated heterocycles. The van der Waals surface area contributed by atoms with Crippen LogP contribution >= 0.6 is 35.0 Å². The molecule has 7 rings (SSSR count). The van der Waals surface area contributed by atoms with Gasteiger partial charge >= 0.3 is 6.09 Å². The number of aliphatic hydroxyl groups excluding tert-OH is 1. The molecule has 0 saturated carbocycles. The first-order chi connectivity index (χ1) is 24.9. The summed E-state index contributed by atoms with van der Waals surface area (Å²) in [5.41, 5.74) is 3.91. The molecule has 1 aliphatic carbocycles. The summed E-state index contributed by atoms with van der Waals surface area (Å²) in [6, 6.07) is 13.3. The lowest BCUT2D eigenvalue weighted by molar-refractivity contribution is 0.0427. The molecule has 3 N–H and O–H groups in total. The predicted octanol–water partition coefficient (Wildman–Crippen LogP) is 6.90. The second-order valence-electron chi connectivity index (χ2n) is 14.0. The molecule has 2 amide bonds. The van der Waals surface area contributed by atoms with E-state index in [9.17, 15) is 14.7 Å². The summed E-state index contributed by atoms with van der Waals surface area (Å²) in [6.45, 7) is 6.69. The molecule has 0 radical (unpaired) electrons. The quantitative estimate of drug-likeness (QED) is 0.150. The van der Waals surface area contributed by atoms with Crippen molar-refractivity contribution in [1.82, 2.24) is 35.0 Å². The minimum absolute atomic E-state index is 0.0746. The number of ether oxygens (including phenoxy) is 1. The van der Waals surface area contributed by atoms with Crippen LogP contribution in [-0.4, -0.2) is 67.2 Å². The number of anilines is 1. The predicted molar refractivity (Wildman–Crippen MR) is 200 cm³/mol. The van der Waals surface area contributed by atoms with E-state index in [-0.39, 0.29) is 34.7 Å². The molecule has 12 nitrogen and oxygen atoms in total. The van der Waals surface area contributed by atoms with Crippen LogP contribution in [0.1, 0.15) is 66.8 Å². The van der Waals surface area contributed by atoms with E-state index in [1.54, 1.807) is 28.9 Å². The number of nitrogens with zero attached hydrogens (tertiary/aromatic N) is 6. The Hall–Kier alpha value is -4.43. The molecule has 1 spiro atoms. The van der Waals surface area contributed by atoms with Crippen LogP contribution in [0.5, 0.6) is 0 Å². The number of carbonyl (C=O) groups excluding carboxylic acids is 2. The highest BCUT2D eigenvalue weighted by atomic mass is 35.5. The Morgan fingerprint density at radius 2 is 1.83 bits per heavy atom. The average Bonchev–Trinajstić information content (AvgIpc) is 3.68. The van der Waals surface area contributed by atoms with Crippen molar-refractivity contribution < 1.29 is 19.4 Å². The minimum atomic E-state index is -0.597. The van der Waals surface area contributed by atoms with E-state index in [0.717, 1.165) is 24.8 Å². The van der Waals surface area contributed by atoms with E-state index >= 15 is 0 Å². The van der Waals surface area contributed by atoms with Gasteiger partial charge in [0.1, 0.15) is 27.2 Å². The summed E-state index contributed by atoms with van der Waals surface area (Å²) in [6.07, 6.45) is 7.39. The van der Waals surface area contributed by atoms with Gasteiger partial charge in [0.25, 0.3) is 5.91 Å². The van der Waals surface area contributed by atoms with Crippen molar-refractivity contribution in [3.05, 3.63) is 93.6 Å². The summed E-state index contributed by atoms with van der Waals surface area (Å²) >= 11 is 14.5. The molecule has 1 fully saturated rings. The number of benzene rings is 1. The third-order valence-corrected chi connectivity index (χ3v) is 11.3. The van der Waals surface area contributed by atoms with Gasteiger partial charge in [-0.15, -0.1) is 0 Å². The number of fused-ring (bicyclic) bond motifs is 2. The topological polar surface area (TPSA) is 147 Å². The second-order valence-corrected chi connectivity index (χ2v) is 15.8. The van der Waals surface area contributed by atoms with E-state index in [0.29, 0.717) is 56.6 Å². The molecule has 4 aromatic heterocycles. The maximum Gasteiger partial charge on any atom is 0.408 e. The zero-order chi connectivity index (χ0) is 36.8. The van der Waals surface area contributed by atoms with Gasteiger partial charge < -0.3 is 29.8 Å². The highest BCUT2D eigenvalue weighted by Gasteiger charge is 2.49. The van der Waals surface area contributed by atoms with E-state index in [1.807, 2.05) is 45.2 Å². The van der Waals surface area contributed by atoms with Gasteiger partial charge in [0.15, 0.2) is 11.5 Å². The number of aromatic nitrogens is 5. The van der Waals surface area contributed by atoms with Gasteiger partial charge in [-0.2, -0.15) is 0 Å². The number of aliphatic hydroxyl groups is 1. The van der Waals surface area contributed by atoms with Gasteiger partial charge in [-0.3, -0.25) is 4.79 Å². The summed E-state index contributed by atoms with van der Waals surface area (Å²) in [5.74, 6) is 0.314. The molecule has 15 heteroatoms. The average molecular weight is 762 g/mol. The van der Waals surface area contributed by atoms with Crippen LogP contribution in [0.25, 0.3) is 17.0 Å². The van der Waals surface area contributed by atoms with Crippen molar-refractivity contribution in [3.63, 3.8) is 0 Å². The highest BCUT2D eigenvalue weighted by Crippen LogP contribution is 2.52. The smallest absolute Gasteiger partial charge is 0.408 e. The lowest BCUT2D eigenvalue weighted by Gasteiger charge is -2.44. The number of hydrogen-bond donors (Lipinski definition) is 3. The zero-order valence-electron chi connectivity index (χ0n) is 29.1. The Morgan fingerprint density at radius 3 is 2.54 bits per heavy atom.